The molecule has 19 heavy (non-hydrogen) atoms. The van der Waals surface area contributed by atoms with E-state index in [9.17, 15) is 8.42 Å². The third kappa shape index (κ3) is 3.11. The van der Waals surface area contributed by atoms with Crippen molar-refractivity contribution in [2.75, 3.05) is 4.72 Å². The van der Waals surface area contributed by atoms with E-state index < -0.39 is 10.0 Å². The topological polar surface area (TPSA) is 98.6 Å². The molecule has 0 radical (unpaired) electrons. The molecule has 0 aliphatic carbocycles. The van der Waals surface area contributed by atoms with Crippen LogP contribution in [0, 0.1) is 18.3 Å². The van der Waals surface area contributed by atoms with Crippen LogP contribution in [-0.2, 0) is 15.8 Å². The highest BCUT2D eigenvalue weighted by Crippen LogP contribution is 2.15. The summed E-state index contributed by atoms with van der Waals surface area (Å²) < 4.78 is 26.4. The van der Waals surface area contributed by atoms with E-state index in [2.05, 4.69) is 14.9 Å². The molecule has 1 aromatic heterocycles. The van der Waals surface area contributed by atoms with E-state index in [0.717, 1.165) is 0 Å². The molecule has 2 rings (SSSR count). The van der Waals surface area contributed by atoms with Gasteiger partial charge in [-0.1, -0.05) is 18.2 Å². The Morgan fingerprint density at radius 2 is 2.16 bits per heavy atom. The number of benzene rings is 1. The Kier molecular flexibility index (Phi) is 3.53. The number of nitrogens with zero attached hydrogens (tertiary/aromatic N) is 2. The lowest BCUT2D eigenvalue weighted by Gasteiger charge is -2.08. The van der Waals surface area contributed by atoms with Crippen LogP contribution in [0.15, 0.2) is 30.5 Å². The van der Waals surface area contributed by atoms with Crippen molar-refractivity contribution < 1.29 is 8.42 Å². The lowest BCUT2D eigenvalue weighted by molar-refractivity contribution is 0.600. The molecule has 1 heterocycles. The van der Waals surface area contributed by atoms with Crippen LogP contribution in [0.2, 0.25) is 0 Å². The molecule has 0 aliphatic rings. The van der Waals surface area contributed by atoms with Crippen LogP contribution >= 0.6 is 0 Å². The number of hydrogen-bond donors (Lipinski definition) is 2. The lowest BCUT2D eigenvalue weighted by Crippen LogP contribution is -2.16. The van der Waals surface area contributed by atoms with Gasteiger partial charge in [-0.25, -0.2) is 8.42 Å². The number of hydrogen-bond acceptors (Lipinski definition) is 4. The third-order valence-electron chi connectivity index (χ3n) is 2.57. The van der Waals surface area contributed by atoms with Gasteiger partial charge in [0.25, 0.3) is 0 Å². The second-order valence-corrected chi connectivity index (χ2v) is 5.78. The molecule has 7 heteroatoms. The van der Waals surface area contributed by atoms with Crippen LogP contribution in [-0.4, -0.2) is 18.6 Å². The van der Waals surface area contributed by atoms with Crippen LogP contribution < -0.4 is 4.72 Å². The minimum Gasteiger partial charge on any atom is -0.267 e. The smallest absolute Gasteiger partial charge is 0.238 e. The van der Waals surface area contributed by atoms with E-state index >= 15 is 0 Å². The molecule has 0 fully saturated rings. The maximum Gasteiger partial charge on any atom is 0.238 e. The molecule has 0 atom stereocenters. The van der Waals surface area contributed by atoms with Crippen molar-refractivity contribution in [3.8, 4) is 6.07 Å². The number of aromatic nitrogens is 2. The Morgan fingerprint density at radius 3 is 2.79 bits per heavy atom. The van der Waals surface area contributed by atoms with Gasteiger partial charge < -0.3 is 0 Å². The highest BCUT2D eigenvalue weighted by Gasteiger charge is 2.16. The Labute approximate surface area is 111 Å². The average molecular weight is 276 g/mol. The predicted molar refractivity (Wildman–Crippen MR) is 70.7 cm³/mol. The number of nitrogens with one attached hydrogen (secondary N) is 2. The van der Waals surface area contributed by atoms with Crippen molar-refractivity contribution in [1.29, 1.82) is 5.26 Å². The molecule has 6 nitrogen and oxygen atoms in total. The first-order chi connectivity index (χ1) is 9.02. The zero-order valence-corrected chi connectivity index (χ0v) is 11.0. The molecule has 0 aliphatic heterocycles. The van der Waals surface area contributed by atoms with E-state index in [1.54, 1.807) is 31.2 Å². The number of anilines is 1. The van der Waals surface area contributed by atoms with Gasteiger partial charge in [-0.05, 0) is 18.6 Å². The summed E-state index contributed by atoms with van der Waals surface area (Å²) in [5.74, 6) is 0.0873. The molecule has 0 saturated carbocycles. The number of sulfonamides is 1. The molecule has 1 aromatic carbocycles. The van der Waals surface area contributed by atoms with Crippen molar-refractivity contribution >= 4 is 15.8 Å². The Morgan fingerprint density at radius 1 is 1.42 bits per heavy atom. The Hall–Kier alpha value is -2.33. The molecule has 0 saturated heterocycles. The summed E-state index contributed by atoms with van der Waals surface area (Å²) in [5.41, 5.74) is 1.53. The monoisotopic (exact) mass is 276 g/mol. The van der Waals surface area contributed by atoms with E-state index in [1.165, 1.54) is 6.20 Å². The van der Waals surface area contributed by atoms with Crippen molar-refractivity contribution in [2.45, 2.75) is 12.7 Å². The summed E-state index contributed by atoms with van der Waals surface area (Å²) in [6.07, 6.45) is 1.53. The highest BCUT2D eigenvalue weighted by atomic mass is 32.2. The van der Waals surface area contributed by atoms with Gasteiger partial charge in [0.1, 0.15) is 5.82 Å². The highest BCUT2D eigenvalue weighted by molar-refractivity contribution is 7.91. The molecule has 0 amide bonds. The average Bonchev–Trinajstić information content (AvgIpc) is 2.74. The SMILES string of the molecule is Cc1cn[nH]c1NS(=O)(=O)Cc1ccccc1C#N. The Bertz CT molecular complexity index is 728. The molecular weight excluding hydrogens is 264 g/mol. The summed E-state index contributed by atoms with van der Waals surface area (Å²) in [6.45, 7) is 1.74. The van der Waals surface area contributed by atoms with Crippen molar-refractivity contribution in [3.05, 3.63) is 47.2 Å². The fourth-order valence-corrected chi connectivity index (χ4v) is 2.85. The summed E-state index contributed by atoms with van der Waals surface area (Å²) in [7, 11) is -3.59. The third-order valence-corrected chi connectivity index (χ3v) is 3.78. The molecule has 2 aromatic rings. The van der Waals surface area contributed by atoms with Gasteiger partial charge in [0.15, 0.2) is 0 Å². The van der Waals surface area contributed by atoms with Gasteiger partial charge >= 0.3 is 0 Å². The number of H-pyrrole nitrogens is 1. The first-order valence-corrected chi connectivity index (χ1v) is 7.15. The van der Waals surface area contributed by atoms with E-state index in [0.29, 0.717) is 22.5 Å². The van der Waals surface area contributed by atoms with E-state index in [-0.39, 0.29) is 5.75 Å². The normalized spacial score (nSPS) is 10.9. The van der Waals surface area contributed by atoms with Gasteiger partial charge in [0.05, 0.1) is 23.6 Å². The summed E-state index contributed by atoms with van der Waals surface area (Å²) in [5, 5.41) is 15.2. The predicted octanol–water partition coefficient (Wildman–Crippen LogP) is 1.53. The van der Waals surface area contributed by atoms with Gasteiger partial charge in [-0.3, -0.25) is 9.82 Å². The second kappa shape index (κ2) is 5.12. The molecule has 2 N–H and O–H groups in total. The standard InChI is InChI=1S/C12H12N4O2S/c1-9-7-14-15-12(9)16-19(17,18)8-11-5-3-2-4-10(11)6-13/h2-5,7H,8H2,1H3,(H2,14,15,16). The molecule has 0 unspecified atom stereocenters. The molecule has 0 spiro atoms. The zero-order valence-electron chi connectivity index (χ0n) is 10.2. The van der Waals surface area contributed by atoms with Crippen LogP contribution in [0.25, 0.3) is 0 Å². The van der Waals surface area contributed by atoms with Crippen molar-refractivity contribution in [3.63, 3.8) is 0 Å². The van der Waals surface area contributed by atoms with Crippen LogP contribution in [0.3, 0.4) is 0 Å². The minimum absolute atomic E-state index is 0.255. The van der Waals surface area contributed by atoms with Crippen LogP contribution in [0.5, 0.6) is 0 Å². The van der Waals surface area contributed by atoms with Crippen LogP contribution in [0.1, 0.15) is 16.7 Å². The fraction of sp³-hybridized carbons (Fsp3) is 0.167. The first-order valence-electron chi connectivity index (χ1n) is 5.50. The van der Waals surface area contributed by atoms with Crippen molar-refractivity contribution in [2.24, 2.45) is 0 Å². The van der Waals surface area contributed by atoms with Crippen LogP contribution in [0.4, 0.5) is 5.82 Å². The van der Waals surface area contributed by atoms with E-state index in [1.807, 2.05) is 6.07 Å². The number of aryl methyl sites for hydroxylation is 1. The molecule has 98 valence electrons. The number of nitriles is 1. The molecular formula is C12H12N4O2S. The van der Waals surface area contributed by atoms with Gasteiger partial charge in [0, 0.05) is 5.56 Å². The summed E-state index contributed by atoms with van der Waals surface area (Å²) >= 11 is 0. The van der Waals surface area contributed by atoms with Crippen molar-refractivity contribution in [1.82, 2.24) is 10.2 Å². The quantitative estimate of drug-likeness (QED) is 0.884. The minimum atomic E-state index is -3.59. The fourth-order valence-electron chi connectivity index (χ4n) is 1.60. The number of aromatic amines is 1. The lowest BCUT2D eigenvalue weighted by atomic mass is 10.1. The summed E-state index contributed by atoms with van der Waals surface area (Å²) in [6, 6.07) is 8.59. The van der Waals surface area contributed by atoms with E-state index in [4.69, 9.17) is 5.26 Å². The zero-order chi connectivity index (χ0) is 13.9. The summed E-state index contributed by atoms with van der Waals surface area (Å²) in [4.78, 5) is 0. The van der Waals surface area contributed by atoms with Gasteiger partial charge in [-0.15, -0.1) is 0 Å². The second-order valence-electron chi connectivity index (χ2n) is 4.06. The molecule has 0 bridgehead atoms. The van der Waals surface area contributed by atoms with Gasteiger partial charge in [-0.2, -0.15) is 10.4 Å². The maximum atomic E-state index is 12.0. The Balaban J connectivity index is 2.23. The van der Waals surface area contributed by atoms with Gasteiger partial charge in [0.2, 0.25) is 10.0 Å². The first kappa shape index (κ1) is 13.1. The number of rotatable bonds is 4. The largest absolute Gasteiger partial charge is 0.267 e. The maximum absolute atomic E-state index is 12.0.